The summed E-state index contributed by atoms with van der Waals surface area (Å²) in [7, 11) is -4.53. The van der Waals surface area contributed by atoms with Crippen LogP contribution in [-0.2, 0) is 29.6 Å². The van der Waals surface area contributed by atoms with Crippen molar-refractivity contribution in [1.29, 1.82) is 0 Å². The van der Waals surface area contributed by atoms with Crippen molar-refractivity contribution in [3.63, 3.8) is 0 Å². The second kappa shape index (κ2) is 10.2. The minimum atomic E-state index is -3.76. The Morgan fingerprint density at radius 1 is 0.969 bits per heavy atom. The van der Waals surface area contributed by atoms with Crippen LogP contribution in [0.4, 0.5) is 5.69 Å². The fraction of sp³-hybridized carbons (Fsp3) is 0.300. The van der Waals surface area contributed by atoms with E-state index >= 15 is 0 Å². The summed E-state index contributed by atoms with van der Waals surface area (Å²) in [5.41, 5.74) is 0.831. The number of hydrogen-bond donors (Lipinski definition) is 2. The largest absolute Gasteiger partial charge is 0.452 e. The van der Waals surface area contributed by atoms with E-state index in [9.17, 15) is 26.4 Å². The second-order valence-corrected chi connectivity index (χ2v) is 10.8. The monoisotopic (exact) mass is 483 g/mol. The first kappa shape index (κ1) is 25.5. The maximum absolute atomic E-state index is 12.4. The fourth-order valence-corrected chi connectivity index (χ4v) is 4.56. The van der Waals surface area contributed by atoms with Gasteiger partial charge in [-0.05, 0) is 48.9 Å². The number of anilines is 1. The van der Waals surface area contributed by atoms with Gasteiger partial charge >= 0.3 is 5.97 Å². The third kappa shape index (κ3) is 6.13. The molecule has 12 heteroatoms. The lowest BCUT2D eigenvalue weighted by Crippen LogP contribution is -2.24. The molecule has 0 atom stereocenters. The van der Waals surface area contributed by atoms with Gasteiger partial charge in [-0.2, -0.15) is 0 Å². The number of carbonyl (C=O) groups excluding carboxylic acids is 2. The van der Waals surface area contributed by atoms with E-state index < -0.39 is 38.5 Å². The molecule has 0 heterocycles. The van der Waals surface area contributed by atoms with Gasteiger partial charge in [-0.3, -0.25) is 4.79 Å². The quantitative estimate of drug-likeness (QED) is 0.513. The Bertz CT molecular complexity index is 1210. The first-order valence-corrected chi connectivity index (χ1v) is 12.4. The summed E-state index contributed by atoms with van der Waals surface area (Å²) in [4.78, 5) is 24.5. The average Bonchev–Trinajstić information content (AvgIpc) is 2.72. The predicted molar refractivity (Wildman–Crippen MR) is 118 cm³/mol. The highest BCUT2D eigenvalue weighted by Crippen LogP contribution is 2.18. The number of benzene rings is 2. The summed E-state index contributed by atoms with van der Waals surface area (Å²) >= 11 is 0. The number of nitrogens with one attached hydrogen (secondary N) is 2. The van der Waals surface area contributed by atoms with Crippen LogP contribution in [0.1, 0.15) is 22.8 Å². The Labute approximate surface area is 187 Å². The van der Waals surface area contributed by atoms with Crippen molar-refractivity contribution >= 4 is 37.6 Å². The molecule has 2 aromatic rings. The number of amides is 1. The van der Waals surface area contributed by atoms with Gasteiger partial charge in [0.2, 0.25) is 20.0 Å². The molecule has 0 saturated heterocycles. The number of ether oxygens (including phenoxy) is 1. The molecular weight excluding hydrogens is 458 g/mol. The van der Waals surface area contributed by atoms with Gasteiger partial charge < -0.3 is 10.1 Å². The third-order valence-corrected chi connectivity index (χ3v) is 7.70. The van der Waals surface area contributed by atoms with Crippen LogP contribution in [0.2, 0.25) is 0 Å². The molecule has 0 aromatic heterocycles. The van der Waals surface area contributed by atoms with Crippen LogP contribution in [0.3, 0.4) is 0 Å². The molecule has 0 fully saturated rings. The van der Waals surface area contributed by atoms with E-state index in [4.69, 9.17) is 4.74 Å². The van der Waals surface area contributed by atoms with Gasteiger partial charge in [-0.25, -0.2) is 30.7 Å². The van der Waals surface area contributed by atoms with Crippen molar-refractivity contribution in [2.24, 2.45) is 0 Å². The molecule has 2 aromatic carbocycles. The number of rotatable bonds is 9. The van der Waals surface area contributed by atoms with Crippen molar-refractivity contribution in [3.8, 4) is 0 Å². The van der Waals surface area contributed by atoms with Crippen molar-refractivity contribution in [2.45, 2.75) is 23.6 Å². The topological polar surface area (TPSA) is 139 Å². The molecule has 32 heavy (non-hydrogen) atoms. The van der Waals surface area contributed by atoms with Gasteiger partial charge in [0.15, 0.2) is 6.61 Å². The van der Waals surface area contributed by atoms with Crippen LogP contribution in [-0.4, -0.2) is 60.3 Å². The molecule has 1 amide bonds. The summed E-state index contributed by atoms with van der Waals surface area (Å²) in [6, 6.07) is 9.55. The van der Waals surface area contributed by atoms with E-state index in [2.05, 4.69) is 10.0 Å². The predicted octanol–water partition coefficient (Wildman–Crippen LogP) is 1.34. The number of hydrogen-bond acceptors (Lipinski definition) is 7. The molecule has 0 aliphatic heterocycles. The molecule has 0 aliphatic carbocycles. The molecule has 0 unspecified atom stereocenters. The van der Waals surface area contributed by atoms with E-state index in [0.717, 1.165) is 4.31 Å². The Morgan fingerprint density at radius 3 is 2.12 bits per heavy atom. The van der Waals surface area contributed by atoms with Gasteiger partial charge in [-0.1, -0.05) is 13.0 Å². The number of esters is 1. The molecule has 0 aliphatic rings. The van der Waals surface area contributed by atoms with Crippen LogP contribution in [0.15, 0.2) is 52.3 Å². The molecule has 10 nitrogen and oxygen atoms in total. The Morgan fingerprint density at radius 2 is 1.56 bits per heavy atom. The van der Waals surface area contributed by atoms with Crippen molar-refractivity contribution in [2.75, 3.05) is 32.6 Å². The van der Waals surface area contributed by atoms with Crippen LogP contribution in [0.25, 0.3) is 0 Å². The summed E-state index contributed by atoms with van der Waals surface area (Å²) < 4.78 is 56.8. The van der Waals surface area contributed by atoms with E-state index in [1.54, 1.807) is 13.8 Å². The van der Waals surface area contributed by atoms with Crippen LogP contribution >= 0.6 is 0 Å². The molecule has 2 rings (SSSR count). The van der Waals surface area contributed by atoms with Crippen LogP contribution < -0.4 is 10.0 Å². The SMILES string of the molecule is CCNS(=O)(=O)c1ccc(C)c(C(=O)OCC(=O)Nc2ccc(S(=O)(=O)N(C)C)cc2)c1. The van der Waals surface area contributed by atoms with E-state index in [1.165, 1.54) is 56.6 Å². The van der Waals surface area contributed by atoms with Crippen LogP contribution in [0, 0.1) is 6.92 Å². The van der Waals surface area contributed by atoms with Crippen molar-refractivity contribution in [3.05, 3.63) is 53.6 Å². The fourth-order valence-electron chi connectivity index (χ4n) is 2.59. The van der Waals surface area contributed by atoms with Crippen molar-refractivity contribution in [1.82, 2.24) is 9.03 Å². The van der Waals surface area contributed by atoms with Gasteiger partial charge in [0.25, 0.3) is 5.91 Å². The Balaban J connectivity index is 2.04. The lowest BCUT2D eigenvalue weighted by atomic mass is 10.1. The third-order valence-electron chi connectivity index (χ3n) is 4.32. The van der Waals surface area contributed by atoms with Gasteiger partial charge in [-0.15, -0.1) is 0 Å². The van der Waals surface area contributed by atoms with E-state index in [0.29, 0.717) is 11.3 Å². The summed E-state index contributed by atoms with van der Waals surface area (Å²) in [6.45, 7) is 2.83. The van der Waals surface area contributed by atoms with Crippen LogP contribution in [0.5, 0.6) is 0 Å². The number of nitrogens with zero attached hydrogens (tertiary/aromatic N) is 1. The average molecular weight is 484 g/mol. The van der Waals surface area contributed by atoms with Gasteiger partial charge in [0.05, 0.1) is 15.4 Å². The molecular formula is C20H25N3O7S2. The maximum atomic E-state index is 12.4. The minimum absolute atomic E-state index is 0.0232. The molecule has 0 bridgehead atoms. The van der Waals surface area contributed by atoms with Crippen molar-refractivity contribution < 1.29 is 31.2 Å². The zero-order chi connectivity index (χ0) is 24.1. The zero-order valence-electron chi connectivity index (χ0n) is 18.1. The first-order chi connectivity index (χ1) is 14.9. The lowest BCUT2D eigenvalue weighted by molar-refractivity contribution is -0.119. The zero-order valence-corrected chi connectivity index (χ0v) is 19.7. The number of sulfonamides is 2. The highest BCUT2D eigenvalue weighted by molar-refractivity contribution is 7.89. The molecule has 0 spiro atoms. The first-order valence-electron chi connectivity index (χ1n) is 9.48. The Hall–Kier alpha value is -2.80. The molecule has 0 saturated carbocycles. The van der Waals surface area contributed by atoms with Gasteiger partial charge in [0.1, 0.15) is 0 Å². The summed E-state index contributed by atoms with van der Waals surface area (Å²) in [5, 5.41) is 2.49. The lowest BCUT2D eigenvalue weighted by Gasteiger charge is -2.12. The number of aryl methyl sites for hydroxylation is 1. The summed E-state index contributed by atoms with van der Waals surface area (Å²) in [5.74, 6) is -1.49. The highest BCUT2D eigenvalue weighted by atomic mass is 32.2. The summed E-state index contributed by atoms with van der Waals surface area (Å²) in [6.07, 6.45) is 0. The second-order valence-electron chi connectivity index (χ2n) is 6.91. The smallest absolute Gasteiger partial charge is 0.338 e. The number of carbonyl (C=O) groups is 2. The minimum Gasteiger partial charge on any atom is -0.452 e. The van der Waals surface area contributed by atoms with E-state index in [-0.39, 0.29) is 21.9 Å². The van der Waals surface area contributed by atoms with Gasteiger partial charge in [0, 0.05) is 26.3 Å². The standard InChI is InChI=1S/C20H25N3O7S2/c1-5-21-31(26,27)17-9-6-14(2)18(12-17)20(25)30-13-19(24)22-15-7-10-16(11-8-15)32(28,29)23(3)4/h6-12,21H,5,13H2,1-4H3,(H,22,24). The Kier molecular flexibility index (Phi) is 8.13. The normalized spacial score (nSPS) is 11.9. The van der Waals surface area contributed by atoms with E-state index in [1.807, 2.05) is 0 Å². The molecule has 2 N–H and O–H groups in total. The molecule has 0 radical (unpaired) electrons. The highest BCUT2D eigenvalue weighted by Gasteiger charge is 2.19. The molecule has 174 valence electrons. The maximum Gasteiger partial charge on any atom is 0.338 e.